The van der Waals surface area contributed by atoms with Gasteiger partial charge < -0.3 is 4.90 Å². The molecule has 0 fully saturated rings. The molecule has 1 rings (SSSR count). The molecular formula is C11H19NS. The van der Waals surface area contributed by atoms with Crippen LogP contribution in [0.15, 0.2) is 22.2 Å². The highest BCUT2D eigenvalue weighted by atomic mass is 32.2. The Morgan fingerprint density at radius 3 is 2.00 bits per heavy atom. The second-order valence-corrected chi connectivity index (χ2v) is 5.23. The number of allylic oxidation sites excluding steroid dienone is 2. The number of nitrogens with zero attached hydrogens (tertiary/aromatic N) is 1. The molecule has 1 nitrogen and oxygen atoms in total. The molecule has 0 amide bonds. The summed E-state index contributed by atoms with van der Waals surface area (Å²) < 4.78 is 0. The molecule has 1 heterocycles. The smallest absolute Gasteiger partial charge is 0.0720 e. The first-order chi connectivity index (χ1) is 5.95. The van der Waals surface area contributed by atoms with Crippen LogP contribution in [0.3, 0.4) is 0 Å². The van der Waals surface area contributed by atoms with E-state index >= 15 is 0 Å². The molecule has 0 spiro atoms. The van der Waals surface area contributed by atoms with Crippen LogP contribution in [-0.2, 0) is 0 Å². The lowest BCUT2D eigenvalue weighted by Gasteiger charge is -2.20. The van der Waals surface area contributed by atoms with Gasteiger partial charge >= 0.3 is 0 Å². The van der Waals surface area contributed by atoms with E-state index in [0.717, 1.165) is 5.03 Å². The Balaban J connectivity index is 3.03. The average Bonchev–Trinajstić information content (AvgIpc) is 2.28. The fourth-order valence-electron chi connectivity index (χ4n) is 1.63. The highest BCUT2D eigenvalue weighted by molar-refractivity contribution is 8.06. The third-order valence-corrected chi connectivity index (χ3v) is 3.70. The van der Waals surface area contributed by atoms with Gasteiger partial charge in [-0.15, -0.1) is 0 Å². The Morgan fingerprint density at radius 1 is 1.15 bits per heavy atom. The Bertz CT molecular complexity index is 251. The standard InChI is InChI=1S/C11H19NS/c1-7(2)10-11(8(3)4)13-9(5)12(10)6/h7-8H,5H2,1-4,6H3. The normalized spacial score (nSPS) is 18.4. The lowest BCUT2D eigenvalue weighted by Crippen LogP contribution is -2.15. The summed E-state index contributed by atoms with van der Waals surface area (Å²) in [6.45, 7) is 13.0. The van der Waals surface area contributed by atoms with E-state index < -0.39 is 0 Å². The Hall–Kier alpha value is -0.370. The van der Waals surface area contributed by atoms with E-state index in [9.17, 15) is 0 Å². The van der Waals surface area contributed by atoms with Crippen LogP contribution in [0.5, 0.6) is 0 Å². The van der Waals surface area contributed by atoms with Crippen molar-refractivity contribution in [3.63, 3.8) is 0 Å². The van der Waals surface area contributed by atoms with Gasteiger partial charge in [0.1, 0.15) is 0 Å². The Morgan fingerprint density at radius 2 is 1.69 bits per heavy atom. The van der Waals surface area contributed by atoms with Crippen molar-refractivity contribution in [1.29, 1.82) is 0 Å². The summed E-state index contributed by atoms with van der Waals surface area (Å²) in [5, 5.41) is 1.16. The highest BCUT2D eigenvalue weighted by Gasteiger charge is 2.27. The zero-order valence-electron chi connectivity index (χ0n) is 9.22. The van der Waals surface area contributed by atoms with E-state index in [1.165, 1.54) is 10.6 Å². The summed E-state index contributed by atoms with van der Waals surface area (Å²) in [6.07, 6.45) is 0. The van der Waals surface area contributed by atoms with Crippen molar-refractivity contribution < 1.29 is 0 Å². The lowest BCUT2D eigenvalue weighted by atomic mass is 10.0. The second-order valence-electron chi connectivity index (χ2n) is 4.11. The van der Waals surface area contributed by atoms with Crippen molar-refractivity contribution in [2.45, 2.75) is 27.7 Å². The van der Waals surface area contributed by atoms with Crippen molar-refractivity contribution in [2.24, 2.45) is 11.8 Å². The summed E-state index contributed by atoms with van der Waals surface area (Å²) in [6, 6.07) is 0. The predicted molar refractivity (Wildman–Crippen MR) is 61.2 cm³/mol. The van der Waals surface area contributed by atoms with Crippen LogP contribution >= 0.6 is 11.8 Å². The van der Waals surface area contributed by atoms with Gasteiger partial charge in [-0.2, -0.15) is 0 Å². The van der Waals surface area contributed by atoms with Gasteiger partial charge in [-0.05, 0) is 11.8 Å². The summed E-state index contributed by atoms with van der Waals surface area (Å²) in [5.41, 5.74) is 1.45. The molecule has 2 heteroatoms. The summed E-state index contributed by atoms with van der Waals surface area (Å²) in [5.74, 6) is 1.21. The number of thioether (sulfide) groups is 1. The quantitative estimate of drug-likeness (QED) is 0.664. The summed E-state index contributed by atoms with van der Waals surface area (Å²) in [4.78, 5) is 3.72. The third-order valence-electron chi connectivity index (χ3n) is 2.29. The first-order valence-corrected chi connectivity index (χ1v) is 5.61. The maximum absolute atomic E-state index is 4.05. The molecule has 0 aromatic heterocycles. The maximum Gasteiger partial charge on any atom is 0.0720 e. The van der Waals surface area contributed by atoms with Crippen LogP contribution in [0.25, 0.3) is 0 Å². The van der Waals surface area contributed by atoms with Gasteiger partial charge in [0.05, 0.1) is 5.03 Å². The molecule has 0 aliphatic carbocycles. The minimum absolute atomic E-state index is 0.592. The zero-order valence-corrected chi connectivity index (χ0v) is 10.0. The van der Waals surface area contributed by atoms with Crippen molar-refractivity contribution in [1.82, 2.24) is 4.90 Å². The van der Waals surface area contributed by atoms with E-state index in [1.807, 2.05) is 11.8 Å². The lowest BCUT2D eigenvalue weighted by molar-refractivity contribution is 0.478. The maximum atomic E-state index is 4.05. The van der Waals surface area contributed by atoms with Crippen molar-refractivity contribution >= 4 is 11.8 Å². The van der Waals surface area contributed by atoms with Gasteiger partial charge in [-0.25, -0.2) is 0 Å². The van der Waals surface area contributed by atoms with E-state index in [4.69, 9.17) is 0 Å². The van der Waals surface area contributed by atoms with Crippen LogP contribution in [0.4, 0.5) is 0 Å². The van der Waals surface area contributed by atoms with Crippen LogP contribution in [0.2, 0.25) is 0 Å². The van der Waals surface area contributed by atoms with Gasteiger partial charge in [0.15, 0.2) is 0 Å². The number of rotatable bonds is 2. The molecule has 0 saturated carbocycles. The van der Waals surface area contributed by atoms with Crippen LogP contribution in [0.1, 0.15) is 27.7 Å². The predicted octanol–water partition coefficient (Wildman–Crippen LogP) is 3.66. The van der Waals surface area contributed by atoms with Gasteiger partial charge in [0, 0.05) is 17.6 Å². The van der Waals surface area contributed by atoms with Crippen LogP contribution in [-0.4, -0.2) is 11.9 Å². The van der Waals surface area contributed by atoms with Crippen molar-refractivity contribution in [2.75, 3.05) is 7.05 Å². The van der Waals surface area contributed by atoms with Gasteiger partial charge in [-0.1, -0.05) is 46.0 Å². The van der Waals surface area contributed by atoms with Crippen LogP contribution < -0.4 is 0 Å². The average molecular weight is 197 g/mol. The minimum atomic E-state index is 0.592. The van der Waals surface area contributed by atoms with E-state index in [1.54, 1.807) is 0 Å². The zero-order chi connectivity index (χ0) is 10.2. The Labute approximate surface area is 85.9 Å². The Kier molecular flexibility index (Phi) is 3.12. The summed E-state index contributed by atoms with van der Waals surface area (Å²) in [7, 11) is 2.11. The molecule has 0 bridgehead atoms. The number of hydrogen-bond acceptors (Lipinski definition) is 2. The first kappa shape index (κ1) is 10.7. The van der Waals surface area contributed by atoms with Gasteiger partial charge in [0.2, 0.25) is 0 Å². The van der Waals surface area contributed by atoms with E-state index in [-0.39, 0.29) is 0 Å². The fourth-order valence-corrected chi connectivity index (χ4v) is 2.83. The molecule has 13 heavy (non-hydrogen) atoms. The summed E-state index contributed by atoms with van der Waals surface area (Å²) >= 11 is 1.83. The molecule has 1 aliphatic heterocycles. The van der Waals surface area contributed by atoms with Gasteiger partial charge in [-0.3, -0.25) is 0 Å². The molecule has 0 aromatic carbocycles. The minimum Gasteiger partial charge on any atom is -0.342 e. The highest BCUT2D eigenvalue weighted by Crippen LogP contribution is 2.45. The van der Waals surface area contributed by atoms with Crippen molar-refractivity contribution in [3.8, 4) is 0 Å². The van der Waals surface area contributed by atoms with E-state index in [0.29, 0.717) is 11.8 Å². The third kappa shape index (κ3) is 1.93. The molecule has 0 saturated heterocycles. The van der Waals surface area contributed by atoms with Crippen LogP contribution in [0, 0.1) is 11.8 Å². The SMILES string of the molecule is C=C1SC(C(C)C)=C(C(C)C)N1C. The monoisotopic (exact) mass is 197 g/mol. The molecule has 0 unspecified atom stereocenters. The fraction of sp³-hybridized carbons (Fsp3) is 0.636. The molecule has 74 valence electrons. The van der Waals surface area contributed by atoms with E-state index in [2.05, 4.69) is 46.2 Å². The molecule has 0 aromatic rings. The number of hydrogen-bond donors (Lipinski definition) is 0. The van der Waals surface area contributed by atoms with Gasteiger partial charge in [0.25, 0.3) is 0 Å². The molecule has 0 atom stereocenters. The largest absolute Gasteiger partial charge is 0.342 e. The second kappa shape index (κ2) is 3.79. The molecule has 0 radical (unpaired) electrons. The molecular weight excluding hydrogens is 178 g/mol. The first-order valence-electron chi connectivity index (χ1n) is 4.79. The van der Waals surface area contributed by atoms with Crippen molar-refractivity contribution in [3.05, 3.63) is 22.2 Å². The molecule has 1 aliphatic rings. The topological polar surface area (TPSA) is 3.24 Å². The molecule has 0 N–H and O–H groups in total.